The minimum absolute atomic E-state index is 0.0932. The molecule has 0 spiro atoms. The van der Waals surface area contributed by atoms with Crippen LogP contribution in [0.3, 0.4) is 0 Å². The number of para-hydroxylation sites is 1. The first kappa shape index (κ1) is 15.4. The SMILES string of the molecule is CC(C)C1CCCN1C(=O)Nc1ccccc1CC(=O)O. The van der Waals surface area contributed by atoms with Gasteiger partial charge in [0.25, 0.3) is 0 Å². The maximum atomic E-state index is 12.4. The highest BCUT2D eigenvalue weighted by Crippen LogP contribution is 2.25. The van der Waals surface area contributed by atoms with Crippen LogP contribution in [0.4, 0.5) is 10.5 Å². The van der Waals surface area contributed by atoms with Gasteiger partial charge in [0.15, 0.2) is 0 Å². The average Bonchev–Trinajstić information content (AvgIpc) is 2.90. The molecule has 1 fully saturated rings. The summed E-state index contributed by atoms with van der Waals surface area (Å²) in [5.74, 6) is -0.481. The third-order valence-electron chi connectivity index (χ3n) is 3.93. The average molecular weight is 290 g/mol. The Bertz CT molecular complexity index is 528. The fraction of sp³-hybridized carbons (Fsp3) is 0.500. The van der Waals surface area contributed by atoms with Crippen molar-refractivity contribution in [3.63, 3.8) is 0 Å². The molecule has 0 radical (unpaired) electrons. The Morgan fingerprint density at radius 2 is 2.10 bits per heavy atom. The topological polar surface area (TPSA) is 69.6 Å². The van der Waals surface area contributed by atoms with Gasteiger partial charge in [-0.2, -0.15) is 0 Å². The van der Waals surface area contributed by atoms with E-state index in [1.807, 2.05) is 4.90 Å². The van der Waals surface area contributed by atoms with Crippen molar-refractivity contribution < 1.29 is 14.7 Å². The molecule has 1 aliphatic rings. The van der Waals surface area contributed by atoms with E-state index in [2.05, 4.69) is 19.2 Å². The first-order chi connectivity index (χ1) is 9.99. The number of carboxylic acid groups (broad SMARTS) is 1. The van der Waals surface area contributed by atoms with Crippen LogP contribution in [0.5, 0.6) is 0 Å². The van der Waals surface area contributed by atoms with E-state index in [0.717, 1.165) is 19.4 Å². The monoisotopic (exact) mass is 290 g/mol. The number of nitrogens with one attached hydrogen (secondary N) is 1. The maximum absolute atomic E-state index is 12.4. The van der Waals surface area contributed by atoms with Crippen molar-refractivity contribution in [1.29, 1.82) is 0 Å². The third-order valence-corrected chi connectivity index (χ3v) is 3.93. The second-order valence-electron chi connectivity index (χ2n) is 5.80. The van der Waals surface area contributed by atoms with Gasteiger partial charge in [-0.05, 0) is 30.4 Å². The lowest BCUT2D eigenvalue weighted by Crippen LogP contribution is -2.41. The van der Waals surface area contributed by atoms with Crippen LogP contribution in [0, 0.1) is 5.92 Å². The maximum Gasteiger partial charge on any atom is 0.322 e. The number of hydrogen-bond donors (Lipinski definition) is 2. The Balaban J connectivity index is 2.11. The molecule has 1 atom stereocenters. The first-order valence-corrected chi connectivity index (χ1v) is 7.36. The number of amides is 2. The molecule has 5 nitrogen and oxygen atoms in total. The van der Waals surface area contributed by atoms with Crippen molar-refractivity contribution in [3.05, 3.63) is 29.8 Å². The summed E-state index contributed by atoms with van der Waals surface area (Å²) in [7, 11) is 0. The largest absolute Gasteiger partial charge is 0.481 e. The van der Waals surface area contributed by atoms with Gasteiger partial charge < -0.3 is 15.3 Å². The Morgan fingerprint density at radius 3 is 2.76 bits per heavy atom. The molecule has 1 unspecified atom stereocenters. The lowest BCUT2D eigenvalue weighted by Gasteiger charge is -2.28. The van der Waals surface area contributed by atoms with Gasteiger partial charge in [-0.3, -0.25) is 4.79 Å². The van der Waals surface area contributed by atoms with E-state index < -0.39 is 5.97 Å². The fourth-order valence-corrected chi connectivity index (χ4v) is 2.88. The zero-order chi connectivity index (χ0) is 15.4. The Labute approximate surface area is 125 Å². The number of benzene rings is 1. The zero-order valence-corrected chi connectivity index (χ0v) is 12.5. The van der Waals surface area contributed by atoms with E-state index in [-0.39, 0.29) is 18.5 Å². The Morgan fingerprint density at radius 1 is 1.38 bits per heavy atom. The third kappa shape index (κ3) is 3.74. The molecule has 1 saturated heterocycles. The zero-order valence-electron chi connectivity index (χ0n) is 12.5. The number of anilines is 1. The van der Waals surface area contributed by atoms with Gasteiger partial charge >= 0.3 is 12.0 Å². The highest BCUT2D eigenvalue weighted by atomic mass is 16.4. The van der Waals surface area contributed by atoms with E-state index in [4.69, 9.17) is 5.11 Å². The predicted molar refractivity (Wildman–Crippen MR) is 81.4 cm³/mol. The number of carbonyl (C=O) groups excluding carboxylic acids is 1. The van der Waals surface area contributed by atoms with Gasteiger partial charge in [0.2, 0.25) is 0 Å². The first-order valence-electron chi connectivity index (χ1n) is 7.36. The summed E-state index contributed by atoms with van der Waals surface area (Å²) < 4.78 is 0. The fourth-order valence-electron chi connectivity index (χ4n) is 2.88. The molecule has 2 amide bonds. The van der Waals surface area contributed by atoms with Crippen LogP contribution >= 0.6 is 0 Å². The van der Waals surface area contributed by atoms with E-state index in [9.17, 15) is 9.59 Å². The minimum atomic E-state index is -0.905. The van der Waals surface area contributed by atoms with Crippen molar-refractivity contribution in [2.45, 2.75) is 39.2 Å². The molecule has 1 aromatic carbocycles. The van der Waals surface area contributed by atoms with E-state index >= 15 is 0 Å². The number of rotatable bonds is 4. The van der Waals surface area contributed by atoms with Crippen LogP contribution in [0.1, 0.15) is 32.3 Å². The van der Waals surface area contributed by atoms with Crippen LogP contribution < -0.4 is 5.32 Å². The molecule has 2 rings (SSSR count). The van der Waals surface area contributed by atoms with Crippen molar-refractivity contribution in [3.8, 4) is 0 Å². The van der Waals surface area contributed by atoms with Crippen LogP contribution in [-0.2, 0) is 11.2 Å². The van der Waals surface area contributed by atoms with E-state index in [1.54, 1.807) is 24.3 Å². The molecule has 2 N–H and O–H groups in total. The Kier molecular flexibility index (Phi) is 4.83. The number of likely N-dealkylation sites (tertiary alicyclic amines) is 1. The number of carbonyl (C=O) groups is 2. The molecular formula is C16H22N2O3. The van der Waals surface area contributed by atoms with Crippen LogP contribution in [0.2, 0.25) is 0 Å². The highest BCUT2D eigenvalue weighted by molar-refractivity contribution is 5.91. The lowest BCUT2D eigenvalue weighted by molar-refractivity contribution is -0.136. The summed E-state index contributed by atoms with van der Waals surface area (Å²) in [6.07, 6.45) is 1.96. The van der Waals surface area contributed by atoms with Crippen LogP contribution in [-0.4, -0.2) is 34.6 Å². The normalized spacial score (nSPS) is 18.0. The number of hydrogen-bond acceptors (Lipinski definition) is 2. The van der Waals surface area contributed by atoms with Gasteiger partial charge in [-0.1, -0.05) is 32.0 Å². The van der Waals surface area contributed by atoms with Crippen molar-refractivity contribution >= 4 is 17.7 Å². The molecule has 0 saturated carbocycles. The van der Waals surface area contributed by atoms with Gasteiger partial charge in [-0.25, -0.2) is 4.79 Å². The van der Waals surface area contributed by atoms with E-state index in [1.165, 1.54) is 0 Å². The number of urea groups is 1. The number of carboxylic acids is 1. The molecule has 0 aromatic heterocycles. The highest BCUT2D eigenvalue weighted by Gasteiger charge is 2.31. The summed E-state index contributed by atoms with van der Waals surface area (Å²) in [6.45, 7) is 5.00. The van der Waals surface area contributed by atoms with Crippen LogP contribution in [0.25, 0.3) is 0 Å². The smallest absolute Gasteiger partial charge is 0.322 e. The summed E-state index contributed by atoms with van der Waals surface area (Å²) in [4.78, 5) is 25.2. The van der Waals surface area contributed by atoms with E-state index in [0.29, 0.717) is 17.2 Å². The molecule has 21 heavy (non-hydrogen) atoms. The van der Waals surface area contributed by atoms with Gasteiger partial charge in [-0.15, -0.1) is 0 Å². The summed E-state index contributed by atoms with van der Waals surface area (Å²) in [5.41, 5.74) is 1.21. The van der Waals surface area contributed by atoms with Crippen LogP contribution in [0.15, 0.2) is 24.3 Å². The molecule has 114 valence electrons. The minimum Gasteiger partial charge on any atom is -0.481 e. The molecular weight excluding hydrogens is 268 g/mol. The molecule has 5 heteroatoms. The quantitative estimate of drug-likeness (QED) is 0.895. The summed E-state index contributed by atoms with van der Waals surface area (Å²) >= 11 is 0. The van der Waals surface area contributed by atoms with Gasteiger partial charge in [0.05, 0.1) is 6.42 Å². The van der Waals surface area contributed by atoms with Crippen molar-refractivity contribution in [2.24, 2.45) is 5.92 Å². The van der Waals surface area contributed by atoms with Gasteiger partial charge in [0, 0.05) is 18.3 Å². The van der Waals surface area contributed by atoms with Gasteiger partial charge in [0.1, 0.15) is 0 Å². The summed E-state index contributed by atoms with van der Waals surface area (Å²) in [6, 6.07) is 7.18. The Hall–Kier alpha value is -2.04. The summed E-state index contributed by atoms with van der Waals surface area (Å²) in [5, 5.41) is 11.8. The standard InChI is InChI=1S/C16H22N2O3/c1-11(2)14-8-5-9-18(14)16(21)17-13-7-4-3-6-12(13)10-15(19)20/h3-4,6-7,11,14H,5,8-10H2,1-2H3,(H,17,21)(H,19,20). The number of aliphatic carboxylic acids is 1. The molecule has 1 aliphatic heterocycles. The van der Waals surface area contributed by atoms with Crippen molar-refractivity contribution in [1.82, 2.24) is 4.90 Å². The molecule has 1 heterocycles. The molecule has 0 bridgehead atoms. The lowest BCUT2D eigenvalue weighted by atomic mass is 10.0. The second kappa shape index (κ2) is 6.61. The molecule has 1 aromatic rings. The second-order valence-corrected chi connectivity index (χ2v) is 5.80. The predicted octanol–water partition coefficient (Wildman–Crippen LogP) is 2.97. The molecule has 0 aliphatic carbocycles. The van der Waals surface area contributed by atoms with Crippen molar-refractivity contribution in [2.75, 3.05) is 11.9 Å². The number of nitrogens with zero attached hydrogens (tertiary/aromatic N) is 1.